The highest BCUT2D eigenvalue weighted by molar-refractivity contribution is 6.05. The van der Waals surface area contributed by atoms with Crippen LogP contribution in [0.3, 0.4) is 0 Å². The Labute approximate surface area is 88.5 Å². The molecular formula is C11H15NO3. The van der Waals surface area contributed by atoms with E-state index >= 15 is 0 Å². The molecule has 0 aromatic carbocycles. The van der Waals surface area contributed by atoms with Gasteiger partial charge in [0.15, 0.2) is 5.78 Å². The monoisotopic (exact) mass is 209 g/mol. The first-order valence-corrected chi connectivity index (χ1v) is 4.85. The number of carboxylic acids is 1. The minimum atomic E-state index is -1.04. The second-order valence-electron chi connectivity index (χ2n) is 3.54. The molecule has 82 valence electrons. The Morgan fingerprint density at radius 1 is 1.33 bits per heavy atom. The summed E-state index contributed by atoms with van der Waals surface area (Å²) < 4.78 is 1.66. The molecule has 0 aliphatic heterocycles. The molecule has 0 amide bonds. The third-order valence-corrected chi connectivity index (χ3v) is 2.70. The van der Waals surface area contributed by atoms with Crippen LogP contribution < -0.4 is 0 Å². The van der Waals surface area contributed by atoms with Crippen molar-refractivity contribution in [2.24, 2.45) is 0 Å². The molecule has 0 aliphatic rings. The molecule has 0 radical (unpaired) electrons. The van der Waals surface area contributed by atoms with Gasteiger partial charge in [-0.3, -0.25) is 4.79 Å². The van der Waals surface area contributed by atoms with Crippen molar-refractivity contribution in [2.45, 2.75) is 34.2 Å². The van der Waals surface area contributed by atoms with Gasteiger partial charge in [0, 0.05) is 12.2 Å². The number of aromatic carboxylic acids is 1. The van der Waals surface area contributed by atoms with Crippen LogP contribution in [0, 0.1) is 13.8 Å². The minimum absolute atomic E-state index is 0.111. The van der Waals surface area contributed by atoms with Crippen molar-refractivity contribution >= 4 is 11.8 Å². The van der Waals surface area contributed by atoms with Crippen LogP contribution in [0.1, 0.15) is 46.0 Å². The molecule has 0 saturated carbocycles. The number of hydrogen-bond acceptors (Lipinski definition) is 2. The summed E-state index contributed by atoms with van der Waals surface area (Å²) >= 11 is 0. The maximum absolute atomic E-state index is 11.4. The minimum Gasteiger partial charge on any atom is -0.477 e. The van der Waals surface area contributed by atoms with Gasteiger partial charge in [0.05, 0.1) is 5.56 Å². The van der Waals surface area contributed by atoms with Gasteiger partial charge in [0.2, 0.25) is 0 Å². The predicted octanol–water partition coefficient (Wildman–Crippen LogP) is 2.03. The summed E-state index contributed by atoms with van der Waals surface area (Å²) in [6, 6.07) is 0. The summed E-state index contributed by atoms with van der Waals surface area (Å²) in [6.07, 6.45) is 0. The molecule has 0 aliphatic carbocycles. The smallest absolute Gasteiger partial charge is 0.353 e. The molecule has 1 aromatic heterocycles. The van der Waals surface area contributed by atoms with Crippen molar-refractivity contribution in [3.8, 4) is 0 Å². The van der Waals surface area contributed by atoms with E-state index in [4.69, 9.17) is 5.11 Å². The SMILES string of the molecule is CCn1c(C)c(C)c(C(C)=O)c1C(=O)O. The Balaban J connectivity index is 3.63. The number of ketones is 1. The molecule has 1 N–H and O–H groups in total. The Hall–Kier alpha value is -1.58. The third kappa shape index (κ3) is 1.67. The first kappa shape index (κ1) is 11.5. The molecule has 0 saturated heterocycles. The maximum atomic E-state index is 11.4. The highest BCUT2D eigenvalue weighted by Crippen LogP contribution is 2.22. The molecule has 0 fully saturated rings. The molecule has 1 heterocycles. The number of carbonyl (C=O) groups is 2. The van der Waals surface area contributed by atoms with E-state index in [0.29, 0.717) is 12.1 Å². The zero-order valence-corrected chi connectivity index (χ0v) is 9.42. The second-order valence-corrected chi connectivity index (χ2v) is 3.54. The summed E-state index contributed by atoms with van der Waals surface area (Å²) in [5, 5.41) is 9.09. The van der Waals surface area contributed by atoms with E-state index in [1.54, 1.807) is 11.5 Å². The lowest BCUT2D eigenvalue weighted by Crippen LogP contribution is -2.12. The molecular weight excluding hydrogens is 194 g/mol. The van der Waals surface area contributed by atoms with Gasteiger partial charge in [-0.05, 0) is 33.3 Å². The van der Waals surface area contributed by atoms with Crippen molar-refractivity contribution in [3.63, 3.8) is 0 Å². The lowest BCUT2D eigenvalue weighted by atomic mass is 10.1. The van der Waals surface area contributed by atoms with Crippen molar-refractivity contribution in [3.05, 3.63) is 22.5 Å². The third-order valence-electron chi connectivity index (χ3n) is 2.70. The average molecular weight is 209 g/mol. The molecule has 0 bridgehead atoms. The number of carboxylic acid groups (broad SMARTS) is 1. The zero-order chi connectivity index (χ0) is 11.7. The van der Waals surface area contributed by atoms with Crippen LogP contribution in [0.25, 0.3) is 0 Å². The largest absolute Gasteiger partial charge is 0.477 e. The van der Waals surface area contributed by atoms with Gasteiger partial charge >= 0.3 is 5.97 Å². The standard InChI is InChI=1S/C11H15NO3/c1-5-12-7(3)6(2)9(8(4)13)10(12)11(14)15/h5H2,1-4H3,(H,14,15). The number of hydrogen-bond donors (Lipinski definition) is 1. The summed E-state index contributed by atoms with van der Waals surface area (Å²) in [7, 11) is 0. The zero-order valence-electron chi connectivity index (χ0n) is 9.42. The molecule has 4 nitrogen and oxygen atoms in total. The van der Waals surface area contributed by atoms with Gasteiger partial charge in [0.25, 0.3) is 0 Å². The molecule has 1 rings (SSSR count). The molecule has 15 heavy (non-hydrogen) atoms. The topological polar surface area (TPSA) is 59.3 Å². The van der Waals surface area contributed by atoms with Crippen LogP contribution in [-0.2, 0) is 6.54 Å². The van der Waals surface area contributed by atoms with E-state index in [-0.39, 0.29) is 11.5 Å². The van der Waals surface area contributed by atoms with Gasteiger partial charge in [-0.15, -0.1) is 0 Å². The van der Waals surface area contributed by atoms with Crippen LogP contribution in [-0.4, -0.2) is 21.4 Å². The highest BCUT2D eigenvalue weighted by Gasteiger charge is 2.24. The number of Topliss-reactive ketones (excluding diaryl/α,β-unsaturated/α-hetero) is 1. The van der Waals surface area contributed by atoms with E-state index in [0.717, 1.165) is 11.3 Å². The fraction of sp³-hybridized carbons (Fsp3) is 0.455. The Kier molecular flexibility index (Phi) is 2.98. The molecule has 4 heteroatoms. The first-order valence-electron chi connectivity index (χ1n) is 4.85. The number of carbonyl (C=O) groups excluding carboxylic acids is 1. The van der Waals surface area contributed by atoms with Gasteiger partial charge in [-0.1, -0.05) is 0 Å². The van der Waals surface area contributed by atoms with Crippen molar-refractivity contribution in [1.29, 1.82) is 0 Å². The maximum Gasteiger partial charge on any atom is 0.353 e. The van der Waals surface area contributed by atoms with Crippen LogP contribution in [0.4, 0.5) is 0 Å². The second kappa shape index (κ2) is 3.88. The normalized spacial score (nSPS) is 10.4. The lowest BCUT2D eigenvalue weighted by molar-refractivity contribution is 0.0680. The Bertz CT molecular complexity index is 430. The average Bonchev–Trinajstić information content (AvgIpc) is 2.39. The number of nitrogens with zero attached hydrogens (tertiary/aromatic N) is 1. The van der Waals surface area contributed by atoms with Gasteiger partial charge in [0.1, 0.15) is 5.69 Å². The quantitative estimate of drug-likeness (QED) is 0.775. The lowest BCUT2D eigenvalue weighted by Gasteiger charge is -2.05. The Morgan fingerprint density at radius 3 is 2.20 bits per heavy atom. The van der Waals surface area contributed by atoms with Gasteiger partial charge < -0.3 is 9.67 Å². The first-order chi connectivity index (χ1) is 6.91. The van der Waals surface area contributed by atoms with Crippen LogP contribution >= 0.6 is 0 Å². The van der Waals surface area contributed by atoms with Crippen LogP contribution in [0.5, 0.6) is 0 Å². The number of rotatable bonds is 3. The van der Waals surface area contributed by atoms with E-state index in [2.05, 4.69) is 0 Å². The fourth-order valence-electron chi connectivity index (χ4n) is 1.91. The summed E-state index contributed by atoms with van der Waals surface area (Å²) in [6.45, 7) is 7.43. The van der Waals surface area contributed by atoms with Crippen molar-refractivity contribution < 1.29 is 14.7 Å². The number of aromatic nitrogens is 1. The summed E-state index contributed by atoms with van der Waals surface area (Å²) in [5.41, 5.74) is 2.06. The van der Waals surface area contributed by atoms with Crippen molar-refractivity contribution in [2.75, 3.05) is 0 Å². The van der Waals surface area contributed by atoms with Gasteiger partial charge in [-0.25, -0.2) is 4.79 Å². The summed E-state index contributed by atoms with van der Waals surface area (Å²) in [4.78, 5) is 22.5. The fourth-order valence-corrected chi connectivity index (χ4v) is 1.91. The van der Waals surface area contributed by atoms with E-state index < -0.39 is 5.97 Å². The van der Waals surface area contributed by atoms with E-state index in [1.165, 1.54) is 6.92 Å². The Morgan fingerprint density at radius 2 is 1.87 bits per heavy atom. The van der Waals surface area contributed by atoms with E-state index in [1.807, 2.05) is 13.8 Å². The van der Waals surface area contributed by atoms with Crippen LogP contribution in [0.2, 0.25) is 0 Å². The van der Waals surface area contributed by atoms with Crippen LogP contribution in [0.15, 0.2) is 0 Å². The summed E-state index contributed by atoms with van der Waals surface area (Å²) in [5.74, 6) is -1.24. The highest BCUT2D eigenvalue weighted by atomic mass is 16.4. The predicted molar refractivity (Wildman–Crippen MR) is 56.5 cm³/mol. The molecule has 1 aromatic rings. The van der Waals surface area contributed by atoms with E-state index in [9.17, 15) is 9.59 Å². The molecule has 0 atom stereocenters. The van der Waals surface area contributed by atoms with Gasteiger partial charge in [-0.2, -0.15) is 0 Å². The molecule has 0 spiro atoms. The van der Waals surface area contributed by atoms with Crippen molar-refractivity contribution in [1.82, 2.24) is 4.57 Å². The molecule has 0 unspecified atom stereocenters.